The van der Waals surface area contributed by atoms with Gasteiger partial charge in [-0.05, 0) is 20.8 Å². The summed E-state index contributed by atoms with van der Waals surface area (Å²) >= 11 is 0. The van der Waals surface area contributed by atoms with Crippen molar-refractivity contribution in [1.82, 2.24) is 4.98 Å². The van der Waals surface area contributed by atoms with E-state index in [0.29, 0.717) is 0 Å². The maximum absolute atomic E-state index is 11.6. The first-order valence-corrected chi connectivity index (χ1v) is 7.07. The molecule has 0 fully saturated rings. The first-order valence-electron chi connectivity index (χ1n) is 5.18. The van der Waals surface area contributed by atoms with Crippen LogP contribution in [0.4, 0.5) is 0 Å². The van der Waals surface area contributed by atoms with Gasteiger partial charge in [0.15, 0.2) is 9.84 Å². The van der Waals surface area contributed by atoms with Crippen LogP contribution in [0.5, 0.6) is 5.95 Å². The van der Waals surface area contributed by atoms with Crippen molar-refractivity contribution < 1.29 is 27.5 Å². The lowest BCUT2D eigenvalue weighted by Gasteiger charge is -2.17. The van der Waals surface area contributed by atoms with E-state index in [1.807, 2.05) is 0 Å². The maximum Gasteiger partial charge on any atom is 0.362 e. The van der Waals surface area contributed by atoms with Gasteiger partial charge in [0.1, 0.15) is 4.75 Å². The van der Waals surface area contributed by atoms with E-state index < -0.39 is 26.2 Å². The number of hydrogen-bond acceptors (Lipinski definition) is 6. The lowest BCUT2D eigenvalue weighted by Crippen LogP contribution is -2.28. The second-order valence-electron chi connectivity index (χ2n) is 4.18. The van der Waals surface area contributed by atoms with Crippen LogP contribution >= 0.6 is 0 Å². The Morgan fingerprint density at radius 1 is 1.50 bits per heavy atom. The Kier molecular flexibility index (Phi) is 3.70. The standard InChI is InChI=1S/C10H15NO6S/c1-5-16-8-6(7(12)13)11-9(17-8)10(2,3)18(4,14)15/h5H2,1-4H3,(H,12,13). The third-order valence-corrected chi connectivity index (χ3v) is 4.54. The van der Waals surface area contributed by atoms with E-state index in [-0.39, 0.29) is 18.4 Å². The topological polar surface area (TPSA) is 107 Å². The summed E-state index contributed by atoms with van der Waals surface area (Å²) in [6.07, 6.45) is 1.03. The zero-order valence-corrected chi connectivity index (χ0v) is 11.4. The third-order valence-electron chi connectivity index (χ3n) is 2.52. The van der Waals surface area contributed by atoms with Gasteiger partial charge in [0, 0.05) is 6.26 Å². The van der Waals surface area contributed by atoms with Crippen LogP contribution in [-0.2, 0) is 14.6 Å². The molecule has 1 rings (SSSR count). The van der Waals surface area contributed by atoms with E-state index in [0.717, 1.165) is 6.26 Å². The fraction of sp³-hybridized carbons (Fsp3) is 0.600. The van der Waals surface area contributed by atoms with Gasteiger partial charge in [-0.3, -0.25) is 0 Å². The highest BCUT2D eigenvalue weighted by Crippen LogP contribution is 2.32. The summed E-state index contributed by atoms with van der Waals surface area (Å²) in [5, 5.41) is 8.92. The molecule has 0 unspecified atom stereocenters. The van der Waals surface area contributed by atoms with Crippen molar-refractivity contribution >= 4 is 15.8 Å². The van der Waals surface area contributed by atoms with Gasteiger partial charge in [-0.25, -0.2) is 18.2 Å². The van der Waals surface area contributed by atoms with E-state index in [4.69, 9.17) is 14.3 Å². The molecule has 102 valence electrons. The van der Waals surface area contributed by atoms with Crippen LogP contribution in [0.3, 0.4) is 0 Å². The lowest BCUT2D eigenvalue weighted by atomic mass is 10.2. The van der Waals surface area contributed by atoms with E-state index in [1.54, 1.807) is 6.92 Å². The number of carbonyl (C=O) groups is 1. The Hall–Kier alpha value is -1.57. The Bertz CT molecular complexity index is 557. The molecule has 0 bridgehead atoms. The second kappa shape index (κ2) is 4.60. The zero-order valence-electron chi connectivity index (χ0n) is 10.6. The molecule has 0 atom stereocenters. The van der Waals surface area contributed by atoms with E-state index in [9.17, 15) is 13.2 Å². The molecule has 1 heterocycles. The molecule has 0 radical (unpaired) electrons. The van der Waals surface area contributed by atoms with E-state index in [2.05, 4.69) is 4.98 Å². The van der Waals surface area contributed by atoms with Crippen molar-refractivity contribution in [1.29, 1.82) is 0 Å². The molecule has 18 heavy (non-hydrogen) atoms. The Balaban J connectivity index is 3.37. The molecule has 0 saturated carbocycles. The van der Waals surface area contributed by atoms with Gasteiger partial charge in [-0.1, -0.05) is 0 Å². The molecule has 8 heteroatoms. The SMILES string of the molecule is CCOc1oc(C(C)(C)S(C)(=O)=O)nc1C(=O)O. The summed E-state index contributed by atoms with van der Waals surface area (Å²) in [5.74, 6) is -1.82. The van der Waals surface area contributed by atoms with Gasteiger partial charge in [0.2, 0.25) is 11.6 Å². The molecular weight excluding hydrogens is 262 g/mol. The van der Waals surface area contributed by atoms with Crippen molar-refractivity contribution in [2.24, 2.45) is 0 Å². The third kappa shape index (κ3) is 2.47. The molecular formula is C10H15NO6S. The summed E-state index contributed by atoms with van der Waals surface area (Å²) in [6.45, 7) is 4.61. The van der Waals surface area contributed by atoms with Crippen molar-refractivity contribution in [3.05, 3.63) is 11.6 Å². The molecule has 0 aliphatic rings. The number of carboxylic acids is 1. The number of carboxylic acid groups (broad SMARTS) is 1. The number of aromatic nitrogens is 1. The van der Waals surface area contributed by atoms with Crippen LogP contribution in [0.2, 0.25) is 0 Å². The maximum atomic E-state index is 11.6. The van der Waals surface area contributed by atoms with Gasteiger partial charge in [0.25, 0.3) is 0 Å². The number of oxazole rings is 1. The smallest absolute Gasteiger partial charge is 0.362 e. The summed E-state index contributed by atoms with van der Waals surface area (Å²) in [6, 6.07) is 0. The average molecular weight is 277 g/mol. The summed E-state index contributed by atoms with van der Waals surface area (Å²) < 4.78 is 31.9. The Labute approximate surface area is 105 Å². The lowest BCUT2D eigenvalue weighted by molar-refractivity contribution is 0.0683. The highest BCUT2D eigenvalue weighted by molar-refractivity contribution is 7.91. The van der Waals surface area contributed by atoms with Crippen LogP contribution in [0, 0.1) is 0 Å². The monoisotopic (exact) mass is 277 g/mol. The molecule has 0 aliphatic heterocycles. The van der Waals surface area contributed by atoms with Crippen molar-refractivity contribution in [2.45, 2.75) is 25.5 Å². The molecule has 0 saturated heterocycles. The van der Waals surface area contributed by atoms with Crippen LogP contribution in [0.1, 0.15) is 37.2 Å². The number of nitrogens with zero attached hydrogens (tertiary/aromatic N) is 1. The molecule has 0 aliphatic carbocycles. The van der Waals surface area contributed by atoms with Gasteiger partial charge in [-0.2, -0.15) is 0 Å². The number of ether oxygens (including phenoxy) is 1. The molecule has 1 aromatic rings. The molecule has 0 aromatic carbocycles. The fourth-order valence-corrected chi connectivity index (χ4v) is 1.49. The Morgan fingerprint density at radius 3 is 2.44 bits per heavy atom. The minimum absolute atomic E-state index is 0.189. The second-order valence-corrected chi connectivity index (χ2v) is 6.74. The van der Waals surface area contributed by atoms with Crippen molar-refractivity contribution in [3.63, 3.8) is 0 Å². The van der Waals surface area contributed by atoms with Crippen LogP contribution in [-0.4, -0.2) is 37.3 Å². The minimum atomic E-state index is -3.50. The van der Waals surface area contributed by atoms with Gasteiger partial charge in [-0.15, -0.1) is 0 Å². The van der Waals surface area contributed by atoms with Crippen molar-refractivity contribution in [3.8, 4) is 5.95 Å². The van der Waals surface area contributed by atoms with Gasteiger partial charge >= 0.3 is 11.9 Å². The van der Waals surface area contributed by atoms with E-state index >= 15 is 0 Å². The summed E-state index contributed by atoms with van der Waals surface area (Å²) in [4.78, 5) is 14.6. The fourth-order valence-electron chi connectivity index (χ4n) is 1.09. The number of aromatic carboxylic acids is 1. The van der Waals surface area contributed by atoms with Gasteiger partial charge < -0.3 is 14.3 Å². The van der Waals surface area contributed by atoms with Crippen LogP contribution in [0.25, 0.3) is 0 Å². The average Bonchev–Trinajstić information content (AvgIpc) is 2.61. The first-order chi connectivity index (χ1) is 8.11. The van der Waals surface area contributed by atoms with Crippen LogP contribution < -0.4 is 4.74 Å². The summed E-state index contributed by atoms with van der Waals surface area (Å²) in [5.41, 5.74) is -0.427. The van der Waals surface area contributed by atoms with E-state index in [1.165, 1.54) is 13.8 Å². The number of hydrogen-bond donors (Lipinski definition) is 1. The zero-order chi connectivity index (χ0) is 14.1. The largest absolute Gasteiger partial charge is 0.476 e. The minimum Gasteiger partial charge on any atom is -0.476 e. The molecule has 0 spiro atoms. The number of sulfone groups is 1. The van der Waals surface area contributed by atoms with Crippen molar-refractivity contribution in [2.75, 3.05) is 12.9 Å². The van der Waals surface area contributed by atoms with Crippen LogP contribution in [0.15, 0.2) is 4.42 Å². The highest BCUT2D eigenvalue weighted by atomic mass is 32.2. The highest BCUT2D eigenvalue weighted by Gasteiger charge is 2.39. The normalized spacial score (nSPS) is 12.4. The predicted octanol–water partition coefficient (Wildman–Crippen LogP) is 1.05. The predicted molar refractivity (Wildman–Crippen MR) is 62.5 cm³/mol. The molecule has 7 nitrogen and oxygen atoms in total. The molecule has 1 N–H and O–H groups in total. The van der Waals surface area contributed by atoms with Gasteiger partial charge in [0.05, 0.1) is 6.61 Å². The number of rotatable bonds is 5. The summed E-state index contributed by atoms with van der Waals surface area (Å²) in [7, 11) is -3.50. The quantitative estimate of drug-likeness (QED) is 0.857. The molecule has 1 aromatic heterocycles. The molecule has 0 amide bonds. The first kappa shape index (κ1) is 14.5. The Morgan fingerprint density at radius 2 is 2.06 bits per heavy atom.